The van der Waals surface area contributed by atoms with Gasteiger partial charge >= 0.3 is 0 Å². The van der Waals surface area contributed by atoms with Crippen LogP contribution in [0.3, 0.4) is 0 Å². The summed E-state index contributed by atoms with van der Waals surface area (Å²) in [6, 6.07) is 125. The van der Waals surface area contributed by atoms with E-state index in [1.54, 1.807) is 49.6 Å². The van der Waals surface area contributed by atoms with Gasteiger partial charge in [-0.3, -0.25) is 34.5 Å². The third-order valence-corrected chi connectivity index (χ3v) is 27.7. The fraction of sp³-hybridized carbons (Fsp3) is 0. The molecule has 15 heterocycles. The standard InChI is InChI=1S/C41H26N4S.C40H25N5S.C33H20N6S/c1-2-7-29(8-3-1)39-26-31-13-14-38-40(41(31)46-39)34-11-4-5-12-37(34)45(38)33-10-6-9-30(23-33)36-25-32(27-15-19-42-20-16-27)24-35(44-36)28-17-21-43-22-18-28;1-2-7-28(8-3-1)37-24-29-13-14-36-38(39(29)46-37)32-11-4-5-12-35(32)45(36)31-10-6-9-30(23-31)40-43-33(26-15-19-41-20-16-26)25-34(44-40)27-17-21-42-22-18-27;1-2-6-21(7-3-1)28-20-24-10-11-27-29(30(24)40-28)25-8-4-5-9-26(25)39(27)33-37-31(22-12-16-34-17-13-22)36-32(38-33)23-14-18-35-19-15-23/h1-26H;1-25H;1-20H. The first-order chi connectivity index (χ1) is 65.4. The van der Waals surface area contributed by atoms with Crippen molar-refractivity contribution in [3.63, 3.8) is 0 Å². The Balaban J connectivity index is 0.000000110. The molecule has 0 aliphatic carbocycles. The molecule has 0 saturated carbocycles. The van der Waals surface area contributed by atoms with Crippen molar-refractivity contribution in [2.45, 2.75) is 0 Å². The first-order valence-corrected chi connectivity index (χ1v) is 45.7. The second-order valence-corrected chi connectivity index (χ2v) is 35.2. The first-order valence-electron chi connectivity index (χ1n) is 43.3. The predicted molar refractivity (Wildman–Crippen MR) is 542 cm³/mol. The van der Waals surface area contributed by atoms with E-state index in [0.29, 0.717) is 23.4 Å². The van der Waals surface area contributed by atoms with Crippen LogP contribution in [0.5, 0.6) is 0 Å². The topological polar surface area (TPSA) is 169 Å². The van der Waals surface area contributed by atoms with Crippen LogP contribution in [0.4, 0.5) is 0 Å². The minimum Gasteiger partial charge on any atom is -0.309 e. The van der Waals surface area contributed by atoms with Gasteiger partial charge in [-0.25, -0.2) is 19.9 Å². The number of pyridine rings is 7. The summed E-state index contributed by atoms with van der Waals surface area (Å²) in [6.45, 7) is 0. The molecule has 15 aromatic heterocycles. The van der Waals surface area contributed by atoms with Crippen LogP contribution in [0.2, 0.25) is 0 Å². The average molecular weight is 1750 g/mol. The average Bonchev–Trinajstić information content (AvgIpc) is 1.58. The molecule has 26 rings (SSSR count). The molecule has 0 aliphatic rings. The Bertz CT molecular complexity index is 8290. The predicted octanol–water partition coefficient (Wildman–Crippen LogP) is 29.1. The van der Waals surface area contributed by atoms with Gasteiger partial charge in [-0.15, -0.1) is 34.0 Å². The Morgan fingerprint density at radius 1 is 0.182 bits per heavy atom. The molecule has 0 fully saturated rings. The van der Waals surface area contributed by atoms with E-state index in [0.717, 1.165) is 95.3 Å². The second-order valence-electron chi connectivity index (χ2n) is 32.0. The number of rotatable bonds is 14. The van der Waals surface area contributed by atoms with E-state index in [4.69, 9.17) is 29.9 Å². The summed E-state index contributed by atoms with van der Waals surface area (Å²) in [5.41, 5.74) is 25.2. The molecule has 0 spiro atoms. The van der Waals surface area contributed by atoms with Crippen molar-refractivity contribution in [2.75, 3.05) is 0 Å². The summed E-state index contributed by atoms with van der Waals surface area (Å²) in [5, 5.41) is 11.2. The molecule has 0 atom stereocenters. The monoisotopic (exact) mass is 1750 g/mol. The van der Waals surface area contributed by atoms with Crippen molar-refractivity contribution in [2.24, 2.45) is 0 Å². The van der Waals surface area contributed by atoms with Crippen LogP contribution in [0.15, 0.2) is 432 Å². The largest absolute Gasteiger partial charge is 0.309 e. The molecule has 0 N–H and O–H groups in total. The number of thiophene rings is 3. The number of para-hydroxylation sites is 3. The number of benzene rings is 11. The molecule has 0 amide bonds. The highest BCUT2D eigenvalue weighted by molar-refractivity contribution is 7.24. The number of aromatic nitrogens is 15. The van der Waals surface area contributed by atoms with E-state index in [2.05, 4.69) is 323 Å². The zero-order valence-electron chi connectivity index (χ0n) is 70.4. The normalized spacial score (nSPS) is 11.5. The lowest BCUT2D eigenvalue weighted by molar-refractivity contribution is 0.952. The lowest BCUT2D eigenvalue weighted by Gasteiger charge is -2.13. The van der Waals surface area contributed by atoms with Crippen LogP contribution < -0.4 is 0 Å². The van der Waals surface area contributed by atoms with Gasteiger partial charge in [0.05, 0.1) is 55.9 Å². The third-order valence-electron chi connectivity index (χ3n) is 24.1. The van der Waals surface area contributed by atoms with Gasteiger partial charge in [0.2, 0.25) is 5.95 Å². The molecule has 0 bridgehead atoms. The number of fused-ring (bicyclic) bond motifs is 15. The van der Waals surface area contributed by atoms with Gasteiger partial charge in [0.15, 0.2) is 17.5 Å². The molecule has 26 aromatic rings. The minimum atomic E-state index is 0.569. The highest BCUT2D eigenvalue weighted by Gasteiger charge is 2.25. The summed E-state index contributed by atoms with van der Waals surface area (Å²) in [7, 11) is 0. The van der Waals surface area contributed by atoms with Gasteiger partial charge in [0.25, 0.3) is 0 Å². The van der Waals surface area contributed by atoms with Gasteiger partial charge < -0.3 is 9.13 Å². The fourth-order valence-corrected chi connectivity index (χ4v) is 21.6. The van der Waals surface area contributed by atoms with Crippen molar-refractivity contribution in [1.29, 1.82) is 0 Å². The van der Waals surface area contributed by atoms with Crippen molar-refractivity contribution >= 4 is 130 Å². The fourth-order valence-electron chi connectivity index (χ4n) is 17.9. The maximum Gasteiger partial charge on any atom is 0.238 e. The van der Waals surface area contributed by atoms with Gasteiger partial charge in [-0.1, -0.05) is 188 Å². The number of hydrogen-bond donors (Lipinski definition) is 0. The minimum absolute atomic E-state index is 0.569. The van der Waals surface area contributed by atoms with Gasteiger partial charge in [-0.05, 0) is 214 Å². The van der Waals surface area contributed by atoms with Gasteiger partial charge in [-0.2, -0.15) is 9.97 Å². The van der Waals surface area contributed by atoms with Crippen LogP contribution in [-0.4, -0.2) is 73.5 Å². The zero-order chi connectivity index (χ0) is 87.4. The lowest BCUT2D eigenvalue weighted by atomic mass is 10.0. The van der Waals surface area contributed by atoms with Crippen LogP contribution in [0.25, 0.3) is 235 Å². The Kier molecular flexibility index (Phi) is 20.1. The molecule has 0 aliphatic heterocycles. The van der Waals surface area contributed by atoms with E-state index in [1.165, 1.54) is 116 Å². The van der Waals surface area contributed by atoms with E-state index >= 15 is 0 Å². The summed E-state index contributed by atoms with van der Waals surface area (Å²) in [4.78, 5) is 59.2. The SMILES string of the molecule is c1ccc(-c2cc3ccc4c(c5ccccc5n4-c4cccc(-c5cc(-c6ccncc6)cc(-c6ccncc6)n5)c4)c3s2)cc1.c1ccc(-c2cc3ccc4c(c5ccccc5n4-c4cccc(-c5nc(-c6ccncc6)cc(-c6ccncc6)n5)c4)c3s2)cc1.c1ccc(-c2cc3ccc4c(c5ccccc5n4-c4nc(-c5ccncc5)nc(-c5ccncc5)n4)c3s2)cc1. The molecule has 0 saturated heterocycles. The number of nitrogens with zero attached hydrogens (tertiary/aromatic N) is 15. The summed E-state index contributed by atoms with van der Waals surface area (Å²) >= 11 is 5.55. The Morgan fingerprint density at radius 2 is 0.492 bits per heavy atom. The third kappa shape index (κ3) is 14.6. The van der Waals surface area contributed by atoms with Crippen molar-refractivity contribution in [3.05, 3.63) is 432 Å². The van der Waals surface area contributed by atoms with Crippen LogP contribution in [0.1, 0.15) is 0 Å². The smallest absolute Gasteiger partial charge is 0.238 e. The molecule has 0 unspecified atom stereocenters. The Morgan fingerprint density at radius 3 is 0.894 bits per heavy atom. The molecule has 0 radical (unpaired) electrons. The van der Waals surface area contributed by atoms with E-state index in [9.17, 15) is 0 Å². The molecule has 132 heavy (non-hydrogen) atoms. The quantitative estimate of drug-likeness (QED) is 0.101. The van der Waals surface area contributed by atoms with Crippen molar-refractivity contribution in [3.8, 4) is 139 Å². The second kappa shape index (κ2) is 33.9. The Labute approximate surface area is 768 Å². The highest BCUT2D eigenvalue weighted by Crippen LogP contribution is 2.48. The van der Waals surface area contributed by atoms with Crippen molar-refractivity contribution in [1.82, 2.24) is 73.5 Å². The molecule has 620 valence electrons. The van der Waals surface area contributed by atoms with Gasteiger partial charge in [0, 0.05) is 186 Å². The molecule has 18 heteroatoms. The maximum atomic E-state index is 5.17. The van der Waals surface area contributed by atoms with Crippen molar-refractivity contribution < 1.29 is 0 Å². The van der Waals surface area contributed by atoms with E-state index in [1.807, 2.05) is 138 Å². The maximum absolute atomic E-state index is 5.17. The summed E-state index contributed by atoms with van der Waals surface area (Å²) in [6.07, 6.45) is 21.5. The zero-order valence-corrected chi connectivity index (χ0v) is 72.9. The Hall–Kier alpha value is -17.2. The van der Waals surface area contributed by atoms with Crippen LogP contribution in [0, 0.1) is 0 Å². The lowest BCUT2D eigenvalue weighted by Crippen LogP contribution is -2.06. The van der Waals surface area contributed by atoms with E-state index < -0.39 is 0 Å². The summed E-state index contributed by atoms with van der Waals surface area (Å²) in [5.74, 6) is 2.42. The highest BCUT2D eigenvalue weighted by atomic mass is 32.1. The first kappa shape index (κ1) is 78.3. The van der Waals surface area contributed by atoms with E-state index in [-0.39, 0.29) is 0 Å². The van der Waals surface area contributed by atoms with Gasteiger partial charge in [0.1, 0.15) is 0 Å². The molecular formula is C114H71N15S3. The van der Waals surface area contributed by atoms with Crippen LogP contribution >= 0.6 is 34.0 Å². The van der Waals surface area contributed by atoms with Crippen LogP contribution in [-0.2, 0) is 0 Å². The number of hydrogen-bond acceptors (Lipinski definition) is 15. The molecule has 11 aromatic carbocycles. The molecule has 15 nitrogen and oxygen atoms in total. The summed E-state index contributed by atoms with van der Waals surface area (Å²) < 4.78 is 10.8. The molecular weight excluding hydrogens is 1680 g/mol.